The van der Waals surface area contributed by atoms with E-state index in [9.17, 15) is 0 Å². The zero-order valence-corrected chi connectivity index (χ0v) is 6.25. The molecular formula is C8H14O2. The van der Waals surface area contributed by atoms with E-state index in [1.54, 1.807) is 13.0 Å². The first-order valence-electron chi connectivity index (χ1n) is 3.35. The zero-order chi connectivity index (χ0) is 7.98. The molecule has 0 radical (unpaired) electrons. The average Bonchev–Trinajstić information content (AvgIpc) is 1.99. The second-order valence-electron chi connectivity index (χ2n) is 2.12. The Labute approximate surface area is 61.5 Å². The van der Waals surface area contributed by atoms with Gasteiger partial charge in [0.2, 0.25) is 0 Å². The number of hydrogen-bond donors (Lipinski definition) is 2. The van der Waals surface area contributed by atoms with Crippen LogP contribution in [0.1, 0.15) is 19.8 Å². The summed E-state index contributed by atoms with van der Waals surface area (Å²) in [6.07, 6.45) is 3.64. The molecule has 0 spiro atoms. The highest BCUT2D eigenvalue weighted by molar-refractivity contribution is 4.90. The lowest BCUT2D eigenvalue weighted by molar-refractivity contribution is 0.206. The first-order chi connectivity index (χ1) is 4.70. The van der Waals surface area contributed by atoms with Crippen LogP contribution in [0.3, 0.4) is 0 Å². The van der Waals surface area contributed by atoms with Gasteiger partial charge in [-0.1, -0.05) is 6.08 Å². The highest BCUT2D eigenvalue weighted by Gasteiger charge is 1.98. The van der Waals surface area contributed by atoms with Gasteiger partial charge in [0.15, 0.2) is 0 Å². The monoisotopic (exact) mass is 142 g/mol. The summed E-state index contributed by atoms with van der Waals surface area (Å²) in [5.41, 5.74) is 0. The van der Waals surface area contributed by atoms with Crippen molar-refractivity contribution in [2.45, 2.75) is 25.9 Å². The molecule has 0 aromatic heterocycles. The molecule has 2 N–H and O–H groups in total. The maximum Gasteiger partial charge on any atom is 0.0881 e. The van der Waals surface area contributed by atoms with Gasteiger partial charge in [-0.05, 0) is 19.4 Å². The number of aliphatic hydroxyl groups is 2. The van der Waals surface area contributed by atoms with E-state index in [4.69, 9.17) is 10.2 Å². The van der Waals surface area contributed by atoms with Crippen LogP contribution < -0.4 is 0 Å². The highest BCUT2D eigenvalue weighted by Crippen LogP contribution is 2.04. The third-order valence-corrected chi connectivity index (χ3v) is 1.30. The molecule has 10 heavy (non-hydrogen) atoms. The third-order valence-electron chi connectivity index (χ3n) is 1.30. The molecule has 58 valence electrons. The van der Waals surface area contributed by atoms with Crippen LogP contribution in [-0.2, 0) is 0 Å². The lowest BCUT2D eigenvalue weighted by atomic mass is 10.2. The Balaban J connectivity index is 3.44. The highest BCUT2D eigenvalue weighted by atomic mass is 16.3. The van der Waals surface area contributed by atoms with Crippen LogP contribution in [0.5, 0.6) is 0 Å². The predicted octanol–water partition coefficient (Wildman–Crippen LogP) is 1.78. The van der Waals surface area contributed by atoms with Crippen LogP contribution in [0, 0.1) is 0 Å². The lowest BCUT2D eigenvalue weighted by Crippen LogP contribution is -2.01. The Morgan fingerprint density at radius 1 is 1.70 bits per heavy atom. The summed E-state index contributed by atoms with van der Waals surface area (Å²) in [5, 5.41) is 17.9. The molecule has 0 saturated carbocycles. The molecule has 0 rings (SSSR count). The van der Waals surface area contributed by atoms with E-state index in [-0.39, 0.29) is 0 Å². The summed E-state index contributed by atoms with van der Waals surface area (Å²) in [7, 11) is 0. The average molecular weight is 142 g/mol. The van der Waals surface area contributed by atoms with E-state index < -0.39 is 6.10 Å². The molecular weight excluding hydrogens is 128 g/mol. The maximum absolute atomic E-state index is 8.95. The van der Waals surface area contributed by atoms with Crippen molar-refractivity contribution in [1.29, 1.82) is 0 Å². The van der Waals surface area contributed by atoms with Crippen LogP contribution >= 0.6 is 0 Å². The molecule has 1 atom stereocenters. The second kappa shape index (κ2) is 5.06. The van der Waals surface area contributed by atoms with Crippen molar-refractivity contribution in [2.24, 2.45) is 0 Å². The van der Waals surface area contributed by atoms with Crippen molar-refractivity contribution in [3.8, 4) is 0 Å². The minimum atomic E-state index is -0.498. The number of aliphatic hydroxyl groups excluding tert-OH is 2. The summed E-state index contributed by atoms with van der Waals surface area (Å²) in [6.45, 7) is 5.17. The molecule has 0 saturated heterocycles. The smallest absolute Gasteiger partial charge is 0.0881 e. The largest absolute Gasteiger partial charge is 0.513 e. The first kappa shape index (κ1) is 9.24. The molecule has 1 unspecified atom stereocenters. The van der Waals surface area contributed by atoms with Crippen LogP contribution in [0.4, 0.5) is 0 Å². The van der Waals surface area contributed by atoms with Crippen molar-refractivity contribution < 1.29 is 10.2 Å². The topological polar surface area (TPSA) is 40.5 Å². The van der Waals surface area contributed by atoms with Gasteiger partial charge in [-0.3, -0.25) is 0 Å². The quantitative estimate of drug-likeness (QED) is 0.464. The SMILES string of the molecule is C=CC(O)CCC(O)=CC. The van der Waals surface area contributed by atoms with Gasteiger partial charge in [0.1, 0.15) is 0 Å². The molecule has 0 aliphatic heterocycles. The fourth-order valence-electron chi connectivity index (χ4n) is 0.558. The van der Waals surface area contributed by atoms with Crippen LogP contribution in [0.2, 0.25) is 0 Å². The van der Waals surface area contributed by atoms with Gasteiger partial charge in [0.05, 0.1) is 11.9 Å². The minimum Gasteiger partial charge on any atom is -0.513 e. The van der Waals surface area contributed by atoms with Crippen LogP contribution in [0.25, 0.3) is 0 Å². The summed E-state index contributed by atoms with van der Waals surface area (Å²) in [4.78, 5) is 0. The molecule has 0 amide bonds. The fourth-order valence-corrected chi connectivity index (χ4v) is 0.558. The van der Waals surface area contributed by atoms with Crippen LogP contribution in [0.15, 0.2) is 24.5 Å². The van der Waals surface area contributed by atoms with E-state index in [0.29, 0.717) is 18.6 Å². The van der Waals surface area contributed by atoms with Gasteiger partial charge in [0.25, 0.3) is 0 Å². The van der Waals surface area contributed by atoms with E-state index >= 15 is 0 Å². The molecule has 0 heterocycles. The summed E-state index contributed by atoms with van der Waals surface area (Å²) >= 11 is 0. The van der Waals surface area contributed by atoms with Gasteiger partial charge >= 0.3 is 0 Å². The van der Waals surface area contributed by atoms with Crippen molar-refractivity contribution in [2.75, 3.05) is 0 Å². The van der Waals surface area contributed by atoms with E-state index in [0.717, 1.165) is 0 Å². The summed E-state index contributed by atoms with van der Waals surface area (Å²) in [6, 6.07) is 0. The van der Waals surface area contributed by atoms with Crippen molar-refractivity contribution >= 4 is 0 Å². The Hall–Kier alpha value is -0.760. The minimum absolute atomic E-state index is 0.320. The third kappa shape index (κ3) is 4.15. The molecule has 2 heteroatoms. The predicted molar refractivity (Wildman–Crippen MR) is 41.8 cm³/mol. The van der Waals surface area contributed by atoms with E-state index in [1.165, 1.54) is 6.08 Å². The standard InChI is InChI=1S/C8H14O2/c1-3-7(9)5-6-8(10)4-2/h3-4,7,9-10H,1,5-6H2,2H3. The second-order valence-corrected chi connectivity index (χ2v) is 2.12. The fraction of sp³-hybridized carbons (Fsp3) is 0.500. The Morgan fingerprint density at radius 3 is 2.70 bits per heavy atom. The van der Waals surface area contributed by atoms with Crippen molar-refractivity contribution in [3.05, 3.63) is 24.5 Å². The number of allylic oxidation sites excluding steroid dienone is 2. The van der Waals surface area contributed by atoms with Crippen LogP contribution in [-0.4, -0.2) is 16.3 Å². The molecule has 2 nitrogen and oxygen atoms in total. The molecule has 0 aliphatic carbocycles. The lowest BCUT2D eigenvalue weighted by Gasteiger charge is -2.02. The molecule has 0 aromatic carbocycles. The molecule has 0 aromatic rings. The van der Waals surface area contributed by atoms with Gasteiger partial charge in [-0.15, -0.1) is 6.58 Å². The molecule has 0 fully saturated rings. The van der Waals surface area contributed by atoms with Gasteiger partial charge < -0.3 is 10.2 Å². The Morgan fingerprint density at radius 2 is 2.30 bits per heavy atom. The molecule has 0 aliphatic rings. The summed E-state index contributed by atoms with van der Waals surface area (Å²) in [5.74, 6) is 0.320. The van der Waals surface area contributed by atoms with Gasteiger partial charge in [-0.2, -0.15) is 0 Å². The summed E-state index contributed by atoms with van der Waals surface area (Å²) < 4.78 is 0. The molecule has 0 bridgehead atoms. The van der Waals surface area contributed by atoms with E-state index in [1.807, 2.05) is 0 Å². The van der Waals surface area contributed by atoms with Gasteiger partial charge in [-0.25, -0.2) is 0 Å². The number of hydrogen-bond acceptors (Lipinski definition) is 2. The normalized spacial score (nSPS) is 14.8. The zero-order valence-electron chi connectivity index (χ0n) is 6.25. The maximum atomic E-state index is 8.95. The Kier molecular flexibility index (Phi) is 4.67. The van der Waals surface area contributed by atoms with E-state index in [2.05, 4.69) is 6.58 Å². The first-order valence-corrected chi connectivity index (χ1v) is 3.35. The van der Waals surface area contributed by atoms with Crippen molar-refractivity contribution in [3.63, 3.8) is 0 Å². The van der Waals surface area contributed by atoms with Crippen molar-refractivity contribution in [1.82, 2.24) is 0 Å². The van der Waals surface area contributed by atoms with Gasteiger partial charge in [0, 0.05) is 6.42 Å². The number of rotatable bonds is 4. The Bertz CT molecular complexity index is 127.